The summed E-state index contributed by atoms with van der Waals surface area (Å²) >= 11 is 0. The summed E-state index contributed by atoms with van der Waals surface area (Å²) < 4.78 is 11.4. The summed E-state index contributed by atoms with van der Waals surface area (Å²) in [5, 5.41) is 9.75. The fourth-order valence-corrected chi connectivity index (χ4v) is 3.26. The predicted octanol–water partition coefficient (Wildman–Crippen LogP) is 3.93. The summed E-state index contributed by atoms with van der Waals surface area (Å²) in [6, 6.07) is 10.1. The quantitative estimate of drug-likeness (QED) is 0.816. The fourth-order valence-electron chi connectivity index (χ4n) is 3.26. The Hall–Kier alpha value is -1.91. The zero-order valence-corrected chi connectivity index (χ0v) is 14.9. The number of aliphatic carboxylic acids is 1. The molecular formula is C21H26O4. The number of rotatable bonds is 7. The van der Waals surface area contributed by atoms with Crippen LogP contribution in [0.2, 0.25) is 0 Å². The van der Waals surface area contributed by atoms with Crippen LogP contribution in [0.5, 0.6) is 0 Å². The van der Waals surface area contributed by atoms with Gasteiger partial charge in [-0.05, 0) is 31.4 Å². The average Bonchev–Trinajstić information content (AvgIpc) is 2.58. The number of carbonyl (C=O) groups is 1. The molecule has 1 aliphatic carbocycles. The van der Waals surface area contributed by atoms with Crippen molar-refractivity contribution in [3.8, 4) is 0 Å². The van der Waals surface area contributed by atoms with Gasteiger partial charge in [-0.1, -0.05) is 48.6 Å². The minimum absolute atomic E-state index is 0.535. The van der Waals surface area contributed by atoms with E-state index in [-0.39, 0.29) is 0 Å². The lowest BCUT2D eigenvalue weighted by atomic mass is 9.70. The van der Waals surface area contributed by atoms with E-state index in [9.17, 15) is 9.90 Å². The van der Waals surface area contributed by atoms with E-state index in [1.54, 1.807) is 13.8 Å². The summed E-state index contributed by atoms with van der Waals surface area (Å²) in [4.78, 5) is 11.9. The first-order valence-corrected chi connectivity index (χ1v) is 8.84. The molecule has 1 aromatic carbocycles. The molecule has 3 rings (SSSR count). The number of ether oxygens (including phenoxy) is 2. The minimum Gasteiger partial charge on any atom is -0.481 e. The zero-order chi connectivity index (χ0) is 17.9. The number of carboxylic acid groups (broad SMARTS) is 1. The van der Waals surface area contributed by atoms with Gasteiger partial charge in [0.1, 0.15) is 5.60 Å². The molecule has 1 unspecified atom stereocenters. The van der Waals surface area contributed by atoms with Crippen molar-refractivity contribution < 1.29 is 19.4 Å². The van der Waals surface area contributed by atoms with Crippen molar-refractivity contribution in [3.05, 3.63) is 54.1 Å². The molecule has 0 radical (unpaired) electrons. The third-order valence-corrected chi connectivity index (χ3v) is 5.45. The van der Waals surface area contributed by atoms with Crippen LogP contribution in [0.4, 0.5) is 0 Å². The Labute approximate surface area is 149 Å². The minimum atomic E-state index is -1.02. The molecule has 4 nitrogen and oxygen atoms in total. The molecule has 1 heterocycles. The van der Waals surface area contributed by atoms with E-state index in [1.807, 2.05) is 30.4 Å². The molecule has 0 saturated carbocycles. The van der Waals surface area contributed by atoms with Crippen molar-refractivity contribution in [1.82, 2.24) is 0 Å². The molecule has 1 fully saturated rings. The maximum absolute atomic E-state index is 11.9. The summed E-state index contributed by atoms with van der Waals surface area (Å²) in [5.74, 6) is -0.311. The monoisotopic (exact) mass is 342 g/mol. The zero-order valence-electron chi connectivity index (χ0n) is 14.9. The van der Waals surface area contributed by atoms with E-state index in [0.717, 1.165) is 30.8 Å². The van der Waals surface area contributed by atoms with Crippen LogP contribution in [0.1, 0.15) is 32.3 Å². The van der Waals surface area contributed by atoms with Gasteiger partial charge in [-0.25, -0.2) is 0 Å². The standard InChI is InChI=1S/C21H26O4/c1-20(2,19(22)23)21(25-13-10-16-14-24-15-16)11-8-18(9-12-21)17-6-4-3-5-7-17/h3-9,11,16H,10,12-15H2,1-2H3,(H,22,23). The lowest BCUT2D eigenvalue weighted by Crippen LogP contribution is -2.51. The summed E-state index contributed by atoms with van der Waals surface area (Å²) in [6.07, 6.45) is 7.48. The summed E-state index contributed by atoms with van der Waals surface area (Å²) in [7, 11) is 0. The van der Waals surface area contributed by atoms with Crippen molar-refractivity contribution in [1.29, 1.82) is 0 Å². The highest BCUT2D eigenvalue weighted by atomic mass is 16.5. The van der Waals surface area contributed by atoms with Crippen LogP contribution in [-0.2, 0) is 14.3 Å². The summed E-state index contributed by atoms with van der Waals surface area (Å²) in [6.45, 7) is 5.60. The predicted molar refractivity (Wildman–Crippen MR) is 97.2 cm³/mol. The second-order valence-electron chi connectivity index (χ2n) is 7.42. The van der Waals surface area contributed by atoms with Gasteiger partial charge in [-0.15, -0.1) is 0 Å². The first-order valence-electron chi connectivity index (χ1n) is 8.84. The molecule has 1 N–H and O–H groups in total. The van der Waals surface area contributed by atoms with Crippen molar-refractivity contribution in [2.75, 3.05) is 19.8 Å². The maximum Gasteiger partial charge on any atom is 0.312 e. The van der Waals surface area contributed by atoms with Crippen LogP contribution < -0.4 is 0 Å². The molecule has 2 aliphatic rings. The van der Waals surface area contributed by atoms with Crippen LogP contribution in [-0.4, -0.2) is 36.5 Å². The number of hydrogen-bond acceptors (Lipinski definition) is 3. The number of carboxylic acids is 1. The van der Waals surface area contributed by atoms with Gasteiger partial charge in [0.25, 0.3) is 0 Å². The molecule has 1 saturated heterocycles. The molecular weight excluding hydrogens is 316 g/mol. The van der Waals surface area contributed by atoms with E-state index in [1.165, 1.54) is 0 Å². The molecule has 4 heteroatoms. The smallest absolute Gasteiger partial charge is 0.312 e. The normalized spacial score (nSPS) is 23.8. The highest BCUT2D eigenvalue weighted by Gasteiger charge is 2.50. The third kappa shape index (κ3) is 3.55. The maximum atomic E-state index is 11.9. The Morgan fingerprint density at radius 1 is 1.32 bits per heavy atom. The Balaban J connectivity index is 1.77. The number of hydrogen-bond donors (Lipinski definition) is 1. The molecule has 1 aliphatic heterocycles. The van der Waals surface area contributed by atoms with E-state index >= 15 is 0 Å². The fraction of sp³-hybridized carbons (Fsp3) is 0.476. The van der Waals surface area contributed by atoms with Crippen LogP contribution in [0.3, 0.4) is 0 Å². The lowest BCUT2D eigenvalue weighted by molar-refractivity contribution is -0.167. The van der Waals surface area contributed by atoms with Gasteiger partial charge in [0, 0.05) is 18.9 Å². The van der Waals surface area contributed by atoms with Crippen LogP contribution in [0, 0.1) is 11.3 Å². The van der Waals surface area contributed by atoms with Crippen LogP contribution in [0.25, 0.3) is 5.57 Å². The van der Waals surface area contributed by atoms with Crippen molar-refractivity contribution in [3.63, 3.8) is 0 Å². The van der Waals surface area contributed by atoms with Gasteiger partial charge in [0.15, 0.2) is 0 Å². The Morgan fingerprint density at radius 3 is 2.56 bits per heavy atom. The number of allylic oxidation sites excluding steroid dienone is 2. The molecule has 1 aromatic rings. The highest BCUT2D eigenvalue weighted by Crippen LogP contribution is 2.43. The molecule has 134 valence electrons. The first-order chi connectivity index (χ1) is 11.9. The summed E-state index contributed by atoms with van der Waals surface area (Å²) in [5.41, 5.74) is 0.389. The first kappa shape index (κ1) is 17.9. The largest absolute Gasteiger partial charge is 0.481 e. The van der Waals surface area contributed by atoms with Gasteiger partial charge in [-0.2, -0.15) is 0 Å². The Kier molecular flexibility index (Phi) is 5.11. The second kappa shape index (κ2) is 7.14. The van der Waals surface area contributed by atoms with Crippen molar-refractivity contribution in [2.45, 2.75) is 32.3 Å². The van der Waals surface area contributed by atoms with Gasteiger partial charge < -0.3 is 14.6 Å². The SMILES string of the molecule is CC(C)(C(=O)O)C1(OCCC2COC2)C=CC(c2ccccc2)=CC1. The second-order valence-corrected chi connectivity index (χ2v) is 7.42. The molecule has 25 heavy (non-hydrogen) atoms. The number of benzene rings is 1. The molecule has 0 amide bonds. The Morgan fingerprint density at radius 2 is 2.04 bits per heavy atom. The van der Waals surface area contributed by atoms with Gasteiger partial charge in [0.05, 0.1) is 18.6 Å². The third-order valence-electron chi connectivity index (χ3n) is 5.45. The van der Waals surface area contributed by atoms with Crippen molar-refractivity contribution in [2.24, 2.45) is 11.3 Å². The molecule has 0 aromatic heterocycles. The van der Waals surface area contributed by atoms with E-state index in [2.05, 4.69) is 18.2 Å². The van der Waals surface area contributed by atoms with E-state index in [4.69, 9.17) is 9.47 Å². The van der Waals surface area contributed by atoms with Crippen molar-refractivity contribution >= 4 is 11.5 Å². The van der Waals surface area contributed by atoms with Crippen LogP contribution >= 0.6 is 0 Å². The van der Waals surface area contributed by atoms with Crippen LogP contribution in [0.15, 0.2) is 48.6 Å². The van der Waals surface area contributed by atoms with E-state index < -0.39 is 17.0 Å². The topological polar surface area (TPSA) is 55.8 Å². The molecule has 0 bridgehead atoms. The average molecular weight is 342 g/mol. The van der Waals surface area contributed by atoms with E-state index in [0.29, 0.717) is 18.9 Å². The molecule has 0 spiro atoms. The highest BCUT2D eigenvalue weighted by molar-refractivity contribution is 5.79. The van der Waals surface area contributed by atoms with Gasteiger partial charge >= 0.3 is 5.97 Å². The van der Waals surface area contributed by atoms with Gasteiger partial charge in [0.2, 0.25) is 0 Å². The lowest BCUT2D eigenvalue weighted by Gasteiger charge is -2.43. The van der Waals surface area contributed by atoms with Gasteiger partial charge in [-0.3, -0.25) is 4.79 Å². The molecule has 1 atom stereocenters. The Bertz CT molecular complexity index is 670.